The number of anilines is 2. The van der Waals surface area contributed by atoms with Crippen LogP contribution in [0.3, 0.4) is 0 Å². The van der Waals surface area contributed by atoms with Gasteiger partial charge in [0.1, 0.15) is 5.82 Å². The molecular formula is C11H17N3. The third-order valence-electron chi connectivity index (χ3n) is 3.02. The van der Waals surface area contributed by atoms with Gasteiger partial charge in [-0.1, -0.05) is 19.3 Å². The molecule has 0 bridgehead atoms. The maximum atomic E-state index is 5.85. The smallest absolute Gasteiger partial charge is 0.126 e. The van der Waals surface area contributed by atoms with Gasteiger partial charge in [-0.2, -0.15) is 0 Å². The van der Waals surface area contributed by atoms with E-state index >= 15 is 0 Å². The van der Waals surface area contributed by atoms with E-state index in [1.807, 2.05) is 6.07 Å². The van der Waals surface area contributed by atoms with Gasteiger partial charge in [0, 0.05) is 0 Å². The number of hydrogen-bond acceptors (Lipinski definition) is 3. The van der Waals surface area contributed by atoms with E-state index in [2.05, 4.69) is 4.98 Å². The van der Waals surface area contributed by atoms with Crippen LogP contribution >= 0.6 is 0 Å². The van der Waals surface area contributed by atoms with Crippen molar-refractivity contribution in [1.82, 2.24) is 4.98 Å². The standard InChI is InChI=1S/C11H17N3/c12-9-6-10(11(13)14-7-9)8-4-2-1-3-5-8/h6-8H,1-5,12H2,(H2,13,14). The molecule has 0 aliphatic heterocycles. The fourth-order valence-electron chi connectivity index (χ4n) is 2.25. The van der Waals surface area contributed by atoms with Crippen molar-refractivity contribution in [1.29, 1.82) is 0 Å². The van der Waals surface area contributed by atoms with Crippen molar-refractivity contribution in [2.45, 2.75) is 38.0 Å². The monoisotopic (exact) mass is 191 g/mol. The minimum Gasteiger partial charge on any atom is -0.397 e. The molecule has 4 N–H and O–H groups in total. The predicted octanol–water partition coefficient (Wildman–Crippen LogP) is 2.29. The summed E-state index contributed by atoms with van der Waals surface area (Å²) in [5, 5.41) is 0. The highest BCUT2D eigenvalue weighted by Gasteiger charge is 2.18. The van der Waals surface area contributed by atoms with Crippen LogP contribution in [-0.2, 0) is 0 Å². The Morgan fingerprint density at radius 2 is 1.86 bits per heavy atom. The number of nitrogens with zero attached hydrogens (tertiary/aromatic N) is 1. The van der Waals surface area contributed by atoms with Gasteiger partial charge >= 0.3 is 0 Å². The van der Waals surface area contributed by atoms with Crippen LogP contribution < -0.4 is 11.5 Å². The summed E-state index contributed by atoms with van der Waals surface area (Å²) in [4.78, 5) is 4.11. The number of nitrogen functional groups attached to an aromatic ring is 2. The van der Waals surface area contributed by atoms with E-state index in [1.54, 1.807) is 6.20 Å². The molecule has 1 aromatic heterocycles. The minimum absolute atomic E-state index is 0.583. The molecule has 1 aromatic rings. The van der Waals surface area contributed by atoms with E-state index in [4.69, 9.17) is 11.5 Å². The number of aromatic nitrogens is 1. The maximum absolute atomic E-state index is 5.85. The molecule has 1 fully saturated rings. The summed E-state index contributed by atoms with van der Waals surface area (Å²) in [7, 11) is 0. The van der Waals surface area contributed by atoms with Gasteiger partial charge in [-0.05, 0) is 30.4 Å². The van der Waals surface area contributed by atoms with Gasteiger partial charge in [0.2, 0.25) is 0 Å². The second-order valence-corrected chi connectivity index (χ2v) is 4.08. The molecule has 1 heterocycles. The van der Waals surface area contributed by atoms with E-state index in [0.29, 0.717) is 11.7 Å². The fraction of sp³-hybridized carbons (Fsp3) is 0.545. The number of nitrogens with two attached hydrogens (primary N) is 2. The van der Waals surface area contributed by atoms with E-state index in [0.717, 1.165) is 11.3 Å². The Morgan fingerprint density at radius 1 is 1.14 bits per heavy atom. The van der Waals surface area contributed by atoms with E-state index < -0.39 is 0 Å². The fourth-order valence-corrected chi connectivity index (χ4v) is 2.25. The van der Waals surface area contributed by atoms with Crippen LogP contribution in [-0.4, -0.2) is 4.98 Å². The van der Waals surface area contributed by atoms with Crippen molar-refractivity contribution in [2.75, 3.05) is 11.5 Å². The van der Waals surface area contributed by atoms with Gasteiger partial charge in [0.15, 0.2) is 0 Å². The minimum atomic E-state index is 0.583. The van der Waals surface area contributed by atoms with Gasteiger partial charge in [-0.25, -0.2) is 4.98 Å². The van der Waals surface area contributed by atoms with Gasteiger partial charge in [-0.15, -0.1) is 0 Å². The highest BCUT2D eigenvalue weighted by molar-refractivity contribution is 5.50. The molecule has 14 heavy (non-hydrogen) atoms. The largest absolute Gasteiger partial charge is 0.397 e. The van der Waals surface area contributed by atoms with Crippen LogP contribution in [0.15, 0.2) is 12.3 Å². The first-order valence-electron chi connectivity index (χ1n) is 5.28. The van der Waals surface area contributed by atoms with Crippen molar-refractivity contribution in [3.05, 3.63) is 17.8 Å². The Labute approximate surface area is 84.5 Å². The molecule has 0 aromatic carbocycles. The third-order valence-corrected chi connectivity index (χ3v) is 3.02. The average Bonchev–Trinajstić information content (AvgIpc) is 2.23. The Morgan fingerprint density at radius 3 is 2.57 bits per heavy atom. The summed E-state index contributed by atoms with van der Waals surface area (Å²) >= 11 is 0. The Hall–Kier alpha value is -1.25. The van der Waals surface area contributed by atoms with Crippen LogP contribution in [0.4, 0.5) is 11.5 Å². The summed E-state index contributed by atoms with van der Waals surface area (Å²) in [5.41, 5.74) is 13.4. The Bertz CT molecular complexity index is 316. The van der Waals surface area contributed by atoms with Crippen LogP contribution in [0, 0.1) is 0 Å². The zero-order valence-electron chi connectivity index (χ0n) is 8.37. The van der Waals surface area contributed by atoms with Crippen molar-refractivity contribution >= 4 is 11.5 Å². The predicted molar refractivity (Wildman–Crippen MR) is 58.9 cm³/mol. The van der Waals surface area contributed by atoms with E-state index in [9.17, 15) is 0 Å². The zero-order chi connectivity index (χ0) is 9.97. The van der Waals surface area contributed by atoms with Crippen molar-refractivity contribution in [3.8, 4) is 0 Å². The Balaban J connectivity index is 2.24. The summed E-state index contributed by atoms with van der Waals surface area (Å²) in [6.45, 7) is 0. The van der Waals surface area contributed by atoms with E-state index in [-0.39, 0.29) is 0 Å². The van der Waals surface area contributed by atoms with Gasteiger partial charge in [0.05, 0.1) is 11.9 Å². The molecule has 0 saturated heterocycles. The van der Waals surface area contributed by atoms with Crippen LogP contribution in [0.25, 0.3) is 0 Å². The van der Waals surface area contributed by atoms with Crippen molar-refractivity contribution in [2.24, 2.45) is 0 Å². The van der Waals surface area contributed by atoms with Crippen molar-refractivity contribution in [3.63, 3.8) is 0 Å². The number of rotatable bonds is 1. The second-order valence-electron chi connectivity index (χ2n) is 4.08. The lowest BCUT2D eigenvalue weighted by Gasteiger charge is -2.22. The van der Waals surface area contributed by atoms with Gasteiger partial charge in [0.25, 0.3) is 0 Å². The molecule has 0 radical (unpaired) electrons. The zero-order valence-corrected chi connectivity index (χ0v) is 8.37. The molecule has 1 aliphatic rings. The first-order chi connectivity index (χ1) is 6.77. The number of pyridine rings is 1. The summed E-state index contributed by atoms with van der Waals surface area (Å²) in [5.74, 6) is 1.24. The molecule has 3 nitrogen and oxygen atoms in total. The van der Waals surface area contributed by atoms with Gasteiger partial charge in [-0.3, -0.25) is 0 Å². The lowest BCUT2D eigenvalue weighted by molar-refractivity contribution is 0.444. The average molecular weight is 191 g/mol. The highest BCUT2D eigenvalue weighted by atomic mass is 14.8. The normalized spacial score (nSPS) is 18.3. The van der Waals surface area contributed by atoms with Crippen LogP contribution in [0.5, 0.6) is 0 Å². The molecule has 1 saturated carbocycles. The molecule has 0 spiro atoms. The maximum Gasteiger partial charge on any atom is 0.126 e. The molecule has 76 valence electrons. The molecule has 0 amide bonds. The topological polar surface area (TPSA) is 64.9 Å². The molecule has 0 atom stereocenters. The third kappa shape index (κ3) is 1.81. The molecule has 1 aliphatic carbocycles. The lowest BCUT2D eigenvalue weighted by Crippen LogP contribution is -2.09. The molecular weight excluding hydrogens is 174 g/mol. The SMILES string of the molecule is Nc1cnc(N)c(C2CCCCC2)c1. The van der Waals surface area contributed by atoms with Crippen LogP contribution in [0.2, 0.25) is 0 Å². The first kappa shape index (κ1) is 9.31. The second kappa shape index (κ2) is 3.86. The van der Waals surface area contributed by atoms with Gasteiger partial charge < -0.3 is 11.5 Å². The quantitative estimate of drug-likeness (QED) is 0.715. The Kier molecular flexibility index (Phi) is 2.57. The first-order valence-corrected chi connectivity index (χ1v) is 5.28. The van der Waals surface area contributed by atoms with Crippen molar-refractivity contribution < 1.29 is 0 Å². The molecule has 0 unspecified atom stereocenters. The summed E-state index contributed by atoms with van der Waals surface area (Å²) < 4.78 is 0. The molecule has 3 heteroatoms. The lowest BCUT2D eigenvalue weighted by atomic mass is 9.84. The summed E-state index contributed by atoms with van der Waals surface area (Å²) in [6, 6.07) is 1.98. The molecule has 2 rings (SSSR count). The number of hydrogen-bond donors (Lipinski definition) is 2. The van der Waals surface area contributed by atoms with E-state index in [1.165, 1.54) is 32.1 Å². The summed E-state index contributed by atoms with van der Waals surface area (Å²) in [6.07, 6.45) is 8.05. The highest BCUT2D eigenvalue weighted by Crippen LogP contribution is 2.35. The van der Waals surface area contributed by atoms with Crippen LogP contribution in [0.1, 0.15) is 43.6 Å².